The molecular weight excluding hydrogens is 100 g/mol. The molecule has 0 radical (unpaired) electrons. The fourth-order valence-corrected chi connectivity index (χ4v) is 2.08. The minimum atomic E-state index is 0.721. The monoisotopic (exact) mass is 110 g/mol. The molecule has 0 aromatic heterocycles. The summed E-state index contributed by atoms with van der Waals surface area (Å²) in [6.07, 6.45) is 5.76. The van der Waals surface area contributed by atoms with E-state index in [0.29, 0.717) is 0 Å². The molecule has 0 spiro atoms. The molecule has 2 aliphatic carbocycles. The molecule has 3 rings (SSSR count). The number of rotatable bonds is 0. The highest BCUT2D eigenvalue weighted by molar-refractivity contribution is 5.03. The molecule has 0 bridgehead atoms. The quantitative estimate of drug-likeness (QED) is 0.427. The minimum absolute atomic E-state index is 0.721. The second-order valence-electron chi connectivity index (χ2n) is 3.44. The van der Waals surface area contributed by atoms with Gasteiger partial charge in [0, 0.05) is 0 Å². The van der Waals surface area contributed by atoms with E-state index in [1.165, 1.54) is 19.3 Å². The van der Waals surface area contributed by atoms with Gasteiger partial charge in [-0.25, -0.2) is 0 Å². The maximum Gasteiger partial charge on any atom is 0.0844 e. The Bertz CT molecular complexity index is 104. The van der Waals surface area contributed by atoms with E-state index in [-0.39, 0.29) is 0 Å². The molecule has 3 aliphatic rings. The Balaban J connectivity index is 1.85. The smallest absolute Gasteiger partial charge is 0.0844 e. The van der Waals surface area contributed by atoms with Crippen molar-refractivity contribution < 1.29 is 4.74 Å². The first-order valence-electron chi connectivity index (χ1n) is 3.59. The third-order valence-electron chi connectivity index (χ3n) is 2.83. The molecule has 1 saturated heterocycles. The van der Waals surface area contributed by atoms with Crippen LogP contribution in [0.1, 0.15) is 19.3 Å². The fraction of sp³-hybridized carbons (Fsp3) is 1.00. The van der Waals surface area contributed by atoms with Gasteiger partial charge in [-0.1, -0.05) is 0 Å². The zero-order valence-corrected chi connectivity index (χ0v) is 4.84. The van der Waals surface area contributed by atoms with Crippen molar-refractivity contribution in [3.63, 3.8) is 0 Å². The van der Waals surface area contributed by atoms with Crippen LogP contribution in [0.25, 0.3) is 0 Å². The Morgan fingerprint density at radius 3 is 2.12 bits per heavy atom. The fourth-order valence-electron chi connectivity index (χ4n) is 2.08. The van der Waals surface area contributed by atoms with Gasteiger partial charge in [-0.05, 0) is 31.1 Å². The van der Waals surface area contributed by atoms with Gasteiger partial charge in [-0.15, -0.1) is 0 Å². The van der Waals surface area contributed by atoms with Gasteiger partial charge in [0.1, 0.15) is 0 Å². The van der Waals surface area contributed by atoms with Crippen LogP contribution in [0.5, 0.6) is 0 Å². The van der Waals surface area contributed by atoms with Crippen LogP contribution in [0.2, 0.25) is 0 Å². The summed E-state index contributed by atoms with van der Waals surface area (Å²) in [7, 11) is 0. The first-order chi connectivity index (χ1) is 3.93. The predicted octanol–water partition coefficient (Wildman–Crippen LogP) is 1.18. The number of hydrogen-bond donors (Lipinski definition) is 0. The van der Waals surface area contributed by atoms with Gasteiger partial charge in [0.25, 0.3) is 0 Å². The van der Waals surface area contributed by atoms with E-state index in [4.69, 9.17) is 4.74 Å². The summed E-state index contributed by atoms with van der Waals surface area (Å²) in [6, 6.07) is 0. The van der Waals surface area contributed by atoms with Crippen molar-refractivity contribution in [1.82, 2.24) is 0 Å². The third-order valence-corrected chi connectivity index (χ3v) is 2.83. The van der Waals surface area contributed by atoms with Gasteiger partial charge >= 0.3 is 0 Å². The first kappa shape index (κ1) is 3.89. The van der Waals surface area contributed by atoms with Crippen molar-refractivity contribution in [2.45, 2.75) is 31.5 Å². The van der Waals surface area contributed by atoms with Gasteiger partial charge in [-0.2, -0.15) is 0 Å². The van der Waals surface area contributed by atoms with Crippen molar-refractivity contribution in [2.24, 2.45) is 11.8 Å². The lowest BCUT2D eigenvalue weighted by Crippen LogP contribution is -2.03. The Hall–Kier alpha value is -0.0400. The van der Waals surface area contributed by atoms with Crippen molar-refractivity contribution in [2.75, 3.05) is 0 Å². The number of fused-ring (bicyclic) bond motifs is 2. The Labute approximate surface area is 49.0 Å². The zero-order chi connectivity index (χ0) is 5.14. The molecule has 8 heavy (non-hydrogen) atoms. The average molecular weight is 110 g/mol. The predicted molar refractivity (Wildman–Crippen MR) is 29.5 cm³/mol. The van der Waals surface area contributed by atoms with E-state index in [2.05, 4.69) is 0 Å². The summed E-state index contributed by atoms with van der Waals surface area (Å²) >= 11 is 0. The van der Waals surface area contributed by atoms with Crippen LogP contribution in [-0.2, 0) is 4.74 Å². The van der Waals surface area contributed by atoms with E-state index < -0.39 is 0 Å². The van der Waals surface area contributed by atoms with Gasteiger partial charge in [-0.3, -0.25) is 0 Å². The van der Waals surface area contributed by atoms with Crippen LogP contribution in [0.4, 0.5) is 0 Å². The summed E-state index contributed by atoms with van der Waals surface area (Å²) < 4.78 is 5.38. The summed E-state index contributed by atoms with van der Waals surface area (Å²) in [4.78, 5) is 0. The van der Waals surface area contributed by atoms with Gasteiger partial charge in [0.15, 0.2) is 0 Å². The lowest BCUT2D eigenvalue weighted by atomic mass is 10.0. The topological polar surface area (TPSA) is 12.5 Å². The van der Waals surface area contributed by atoms with E-state index in [0.717, 1.165) is 24.0 Å². The molecule has 0 unspecified atom stereocenters. The number of epoxide rings is 1. The molecule has 44 valence electrons. The average Bonchev–Trinajstić information content (AvgIpc) is 2.45. The van der Waals surface area contributed by atoms with E-state index in [9.17, 15) is 0 Å². The van der Waals surface area contributed by atoms with E-state index >= 15 is 0 Å². The maximum atomic E-state index is 5.38. The van der Waals surface area contributed by atoms with Crippen LogP contribution >= 0.6 is 0 Å². The molecule has 1 heterocycles. The lowest BCUT2D eigenvalue weighted by Gasteiger charge is -1.99. The SMILES string of the molecule is C1[C@@H]2C[C@@H]3O[C@H]3C[C@@H]12. The second kappa shape index (κ2) is 0.971. The van der Waals surface area contributed by atoms with Gasteiger partial charge in [0.05, 0.1) is 12.2 Å². The van der Waals surface area contributed by atoms with Crippen molar-refractivity contribution in [3.8, 4) is 0 Å². The number of ether oxygens (including phenoxy) is 1. The molecule has 0 aromatic carbocycles. The van der Waals surface area contributed by atoms with Gasteiger partial charge in [0.2, 0.25) is 0 Å². The molecule has 1 aliphatic heterocycles. The number of hydrogen-bond acceptors (Lipinski definition) is 1. The standard InChI is InChI=1S/C7H10O/c1-4-2-6-7(8-6)3-5(1)4/h4-7H,1-3H2/t4-,5-,6+,7+/m1/s1. The van der Waals surface area contributed by atoms with Gasteiger partial charge < -0.3 is 4.74 Å². The van der Waals surface area contributed by atoms with E-state index in [1.54, 1.807) is 0 Å². The molecule has 0 aromatic rings. The largest absolute Gasteiger partial charge is 0.370 e. The Morgan fingerprint density at radius 1 is 0.875 bits per heavy atom. The highest BCUT2D eigenvalue weighted by Crippen LogP contribution is 2.55. The van der Waals surface area contributed by atoms with Crippen LogP contribution in [0, 0.1) is 11.8 Å². The summed E-state index contributed by atoms with van der Waals surface area (Å²) in [5, 5.41) is 0. The van der Waals surface area contributed by atoms with Crippen LogP contribution in [-0.4, -0.2) is 12.2 Å². The maximum absolute atomic E-state index is 5.38. The highest BCUT2D eigenvalue weighted by atomic mass is 16.6. The first-order valence-corrected chi connectivity index (χ1v) is 3.59. The summed E-state index contributed by atoms with van der Waals surface area (Å²) in [6.45, 7) is 0. The molecule has 1 nitrogen and oxygen atoms in total. The second-order valence-corrected chi connectivity index (χ2v) is 3.44. The molecule has 0 N–H and O–H groups in total. The lowest BCUT2D eigenvalue weighted by molar-refractivity contribution is 0.363. The molecular formula is C7H10O. The molecule has 0 amide bonds. The van der Waals surface area contributed by atoms with Crippen LogP contribution in [0.15, 0.2) is 0 Å². The zero-order valence-electron chi connectivity index (χ0n) is 4.84. The normalized spacial score (nSPS) is 66.0. The van der Waals surface area contributed by atoms with Crippen LogP contribution < -0.4 is 0 Å². The summed E-state index contributed by atoms with van der Waals surface area (Å²) in [5.74, 6) is 2.19. The summed E-state index contributed by atoms with van der Waals surface area (Å²) in [5.41, 5.74) is 0. The molecule has 1 heteroatoms. The van der Waals surface area contributed by atoms with Crippen molar-refractivity contribution in [3.05, 3.63) is 0 Å². The molecule has 4 atom stereocenters. The highest BCUT2D eigenvalue weighted by Gasteiger charge is 2.54. The molecule has 2 saturated carbocycles. The minimum Gasteiger partial charge on any atom is -0.370 e. The van der Waals surface area contributed by atoms with Crippen molar-refractivity contribution >= 4 is 0 Å². The van der Waals surface area contributed by atoms with Crippen molar-refractivity contribution in [1.29, 1.82) is 0 Å². The molecule has 3 fully saturated rings. The Morgan fingerprint density at radius 2 is 1.50 bits per heavy atom. The Kier molecular flexibility index (Phi) is 0.472. The van der Waals surface area contributed by atoms with E-state index in [1.807, 2.05) is 0 Å². The van der Waals surface area contributed by atoms with Crippen LogP contribution in [0.3, 0.4) is 0 Å². The third kappa shape index (κ3) is 0.368.